The van der Waals surface area contributed by atoms with E-state index in [2.05, 4.69) is 26.0 Å². The fraction of sp³-hybridized carbons (Fsp3) is 0.692. The number of rotatable bonds is 14. The van der Waals surface area contributed by atoms with Gasteiger partial charge in [-0.15, -0.1) is 0 Å². The van der Waals surface area contributed by atoms with E-state index in [1.165, 1.54) is 22.3 Å². The fourth-order valence-electron chi connectivity index (χ4n) is 4.44. The Morgan fingerprint density at radius 2 is 1.37 bits per heavy atom. The van der Waals surface area contributed by atoms with Crippen LogP contribution in [0.5, 0.6) is 0 Å². The first-order valence-corrected chi connectivity index (χ1v) is 11.6. The summed E-state index contributed by atoms with van der Waals surface area (Å²) < 4.78 is 0. The van der Waals surface area contributed by atoms with Gasteiger partial charge in [0.05, 0.1) is 10.8 Å². The average Bonchev–Trinajstić information content (AvgIpc) is 3.46. The van der Waals surface area contributed by atoms with Crippen molar-refractivity contribution in [3.8, 4) is 0 Å². The Balaban J connectivity index is 1.81. The highest BCUT2D eigenvalue weighted by atomic mass is 16.4. The van der Waals surface area contributed by atoms with Crippen LogP contribution in [0, 0.1) is 24.7 Å². The molecule has 1 aromatic rings. The fourth-order valence-corrected chi connectivity index (χ4v) is 4.44. The summed E-state index contributed by atoms with van der Waals surface area (Å²) in [5, 5.41) is 18.6. The van der Waals surface area contributed by atoms with Gasteiger partial charge < -0.3 is 10.2 Å². The molecule has 0 radical (unpaired) electrons. The molecule has 1 saturated carbocycles. The number of aliphatic carboxylic acids is 2. The minimum absolute atomic E-state index is 0.389. The van der Waals surface area contributed by atoms with Crippen LogP contribution in [0.2, 0.25) is 0 Å². The third kappa shape index (κ3) is 6.58. The second kappa shape index (κ2) is 10.5. The molecule has 0 aromatic heterocycles. The minimum atomic E-state index is -0.713. The van der Waals surface area contributed by atoms with Gasteiger partial charge in [-0.25, -0.2) is 0 Å². The lowest BCUT2D eigenvalue weighted by molar-refractivity contribution is -0.147. The van der Waals surface area contributed by atoms with Gasteiger partial charge >= 0.3 is 11.9 Å². The topological polar surface area (TPSA) is 74.6 Å². The van der Waals surface area contributed by atoms with E-state index >= 15 is 0 Å². The van der Waals surface area contributed by atoms with E-state index < -0.39 is 17.4 Å². The van der Waals surface area contributed by atoms with Crippen LogP contribution in [0.25, 0.3) is 0 Å². The number of unbranched alkanes of at least 4 members (excludes halogenated alkanes) is 4. The Kier molecular flexibility index (Phi) is 8.52. The summed E-state index contributed by atoms with van der Waals surface area (Å²) in [6.45, 7) is 7.99. The van der Waals surface area contributed by atoms with Crippen LogP contribution in [0.4, 0.5) is 0 Å². The number of aryl methyl sites for hydroxylation is 2. The van der Waals surface area contributed by atoms with Crippen LogP contribution in [0.15, 0.2) is 12.1 Å². The zero-order valence-corrected chi connectivity index (χ0v) is 19.4. The van der Waals surface area contributed by atoms with Crippen molar-refractivity contribution in [2.24, 2.45) is 10.8 Å². The molecule has 168 valence electrons. The summed E-state index contributed by atoms with van der Waals surface area (Å²) in [5.74, 6) is -1.32. The molecule has 1 aliphatic rings. The van der Waals surface area contributed by atoms with Crippen LogP contribution in [-0.4, -0.2) is 22.2 Å². The van der Waals surface area contributed by atoms with Crippen molar-refractivity contribution >= 4 is 11.9 Å². The van der Waals surface area contributed by atoms with Crippen LogP contribution in [0.1, 0.15) is 100 Å². The van der Waals surface area contributed by atoms with Gasteiger partial charge in [0.15, 0.2) is 0 Å². The summed E-state index contributed by atoms with van der Waals surface area (Å²) in [4.78, 5) is 22.5. The van der Waals surface area contributed by atoms with Gasteiger partial charge in [0, 0.05) is 0 Å². The zero-order valence-electron chi connectivity index (χ0n) is 19.4. The lowest BCUT2D eigenvalue weighted by atomic mass is 9.86. The minimum Gasteiger partial charge on any atom is -0.481 e. The highest BCUT2D eigenvalue weighted by Gasteiger charge is 2.49. The predicted molar refractivity (Wildman–Crippen MR) is 121 cm³/mol. The number of hydrogen-bond donors (Lipinski definition) is 2. The lowest BCUT2D eigenvalue weighted by Gasteiger charge is -2.19. The van der Waals surface area contributed by atoms with E-state index in [1.807, 2.05) is 0 Å². The second-order valence-electron chi connectivity index (χ2n) is 10.1. The molecule has 1 aliphatic carbocycles. The molecule has 0 spiro atoms. The third-order valence-corrected chi connectivity index (χ3v) is 7.10. The van der Waals surface area contributed by atoms with E-state index in [9.17, 15) is 19.8 Å². The molecule has 1 aromatic carbocycles. The van der Waals surface area contributed by atoms with Crippen LogP contribution < -0.4 is 0 Å². The van der Waals surface area contributed by atoms with E-state index in [4.69, 9.17) is 0 Å². The Morgan fingerprint density at radius 3 is 1.80 bits per heavy atom. The highest BCUT2D eigenvalue weighted by molar-refractivity contribution is 5.77. The molecule has 2 rings (SSSR count). The molecule has 2 N–H and O–H groups in total. The maximum Gasteiger partial charge on any atom is 0.309 e. The quantitative estimate of drug-likeness (QED) is 0.340. The van der Waals surface area contributed by atoms with Crippen LogP contribution in [-0.2, 0) is 22.4 Å². The van der Waals surface area contributed by atoms with Crippen molar-refractivity contribution in [1.29, 1.82) is 0 Å². The number of carboxylic acid groups (broad SMARTS) is 2. The zero-order chi connectivity index (χ0) is 22.4. The van der Waals surface area contributed by atoms with Crippen LogP contribution >= 0.6 is 0 Å². The molecular formula is C26H40O4. The summed E-state index contributed by atoms with van der Waals surface area (Å²) in [7, 11) is 0. The molecule has 1 fully saturated rings. The normalized spacial score (nSPS) is 15.2. The maximum absolute atomic E-state index is 11.3. The Morgan fingerprint density at radius 1 is 0.867 bits per heavy atom. The van der Waals surface area contributed by atoms with Gasteiger partial charge in [0.2, 0.25) is 0 Å². The monoisotopic (exact) mass is 416 g/mol. The third-order valence-electron chi connectivity index (χ3n) is 7.10. The summed E-state index contributed by atoms with van der Waals surface area (Å²) in [5.41, 5.74) is 4.62. The van der Waals surface area contributed by atoms with Crippen molar-refractivity contribution in [2.45, 2.75) is 105 Å². The van der Waals surface area contributed by atoms with Gasteiger partial charge in [-0.05, 0) is 101 Å². The number of benzene rings is 1. The molecule has 4 nitrogen and oxygen atoms in total. The molecule has 4 heteroatoms. The lowest BCUT2D eigenvalue weighted by Crippen LogP contribution is -2.23. The predicted octanol–water partition coefficient (Wildman–Crippen LogP) is 6.48. The molecule has 0 amide bonds. The van der Waals surface area contributed by atoms with Gasteiger partial charge in [-0.2, -0.15) is 0 Å². The average molecular weight is 417 g/mol. The summed E-state index contributed by atoms with van der Waals surface area (Å²) in [6.07, 6.45) is 11.7. The summed E-state index contributed by atoms with van der Waals surface area (Å²) in [6, 6.07) is 4.43. The van der Waals surface area contributed by atoms with E-state index in [0.29, 0.717) is 0 Å². The van der Waals surface area contributed by atoms with Crippen molar-refractivity contribution in [1.82, 2.24) is 0 Å². The Bertz CT molecular complexity index is 693. The van der Waals surface area contributed by atoms with Gasteiger partial charge in [-0.1, -0.05) is 37.8 Å². The molecule has 30 heavy (non-hydrogen) atoms. The Hall–Kier alpha value is -1.84. The van der Waals surface area contributed by atoms with Crippen molar-refractivity contribution in [2.75, 3.05) is 0 Å². The van der Waals surface area contributed by atoms with Gasteiger partial charge in [-0.3, -0.25) is 9.59 Å². The molecule has 0 saturated heterocycles. The highest BCUT2D eigenvalue weighted by Crippen LogP contribution is 2.50. The smallest absolute Gasteiger partial charge is 0.309 e. The first kappa shape index (κ1) is 24.4. The first-order valence-electron chi connectivity index (χ1n) is 11.6. The molecule has 0 atom stereocenters. The van der Waals surface area contributed by atoms with Crippen molar-refractivity contribution < 1.29 is 19.8 Å². The van der Waals surface area contributed by atoms with Crippen LogP contribution in [0.3, 0.4) is 0 Å². The first-order chi connectivity index (χ1) is 14.1. The second-order valence-corrected chi connectivity index (χ2v) is 10.1. The number of carboxylic acids is 2. The number of carbonyl (C=O) groups is 2. The van der Waals surface area contributed by atoms with E-state index in [-0.39, 0.29) is 5.41 Å². The van der Waals surface area contributed by atoms with E-state index in [0.717, 1.165) is 77.0 Å². The molecular weight excluding hydrogens is 376 g/mol. The van der Waals surface area contributed by atoms with E-state index in [1.54, 1.807) is 13.8 Å². The molecule has 0 bridgehead atoms. The van der Waals surface area contributed by atoms with Gasteiger partial charge in [0.1, 0.15) is 0 Å². The Labute approximate surface area is 182 Å². The van der Waals surface area contributed by atoms with Crippen molar-refractivity contribution in [3.05, 3.63) is 34.4 Å². The molecule has 0 unspecified atom stereocenters. The van der Waals surface area contributed by atoms with Crippen molar-refractivity contribution in [3.63, 3.8) is 0 Å². The summed E-state index contributed by atoms with van der Waals surface area (Å²) >= 11 is 0. The number of hydrogen-bond acceptors (Lipinski definition) is 2. The standard InChI is InChI=1S/C26H40O4/c1-19-13-14-20(2)22(12-8-6-10-16-26(17-18-26)24(29)30)21(19)11-7-5-9-15-25(3,4)23(27)28/h13-14H,5-12,15-18H2,1-4H3,(H,27,28)(H,29,30). The van der Waals surface area contributed by atoms with Gasteiger partial charge in [0.25, 0.3) is 0 Å². The SMILES string of the molecule is Cc1ccc(C)c(CCCCCC2(C(=O)O)CC2)c1CCCCCC(C)(C)C(=O)O. The largest absolute Gasteiger partial charge is 0.481 e. The molecule has 0 heterocycles. The molecule has 0 aliphatic heterocycles. The maximum atomic E-state index is 11.3.